The van der Waals surface area contributed by atoms with Crippen LogP contribution in [0.15, 0.2) is 35.1 Å². The molecule has 1 atom stereocenters. The van der Waals surface area contributed by atoms with E-state index in [9.17, 15) is 9.59 Å². The molecule has 0 saturated heterocycles. The third-order valence-electron chi connectivity index (χ3n) is 4.77. The fourth-order valence-corrected chi connectivity index (χ4v) is 3.00. The summed E-state index contributed by atoms with van der Waals surface area (Å²) in [7, 11) is 1.80. The van der Waals surface area contributed by atoms with Crippen LogP contribution in [0.2, 0.25) is 0 Å². The zero-order valence-electron chi connectivity index (χ0n) is 15.1. The fourth-order valence-electron chi connectivity index (χ4n) is 3.00. The lowest BCUT2D eigenvalue weighted by Crippen LogP contribution is -2.30. The van der Waals surface area contributed by atoms with Crippen LogP contribution in [0.5, 0.6) is 0 Å². The molecule has 2 rings (SSSR count). The first-order valence-electron chi connectivity index (χ1n) is 8.29. The predicted molar refractivity (Wildman–Crippen MR) is 97.2 cm³/mol. The van der Waals surface area contributed by atoms with Crippen molar-refractivity contribution in [2.75, 3.05) is 7.05 Å². The summed E-state index contributed by atoms with van der Waals surface area (Å²) < 4.78 is 0. The van der Waals surface area contributed by atoms with Crippen molar-refractivity contribution < 1.29 is 4.79 Å². The van der Waals surface area contributed by atoms with Crippen molar-refractivity contribution in [3.8, 4) is 6.07 Å². The zero-order valence-corrected chi connectivity index (χ0v) is 15.1. The number of nitrogens with zero attached hydrogens (tertiary/aromatic N) is 2. The number of benzene rings is 1. The summed E-state index contributed by atoms with van der Waals surface area (Å²) in [5.41, 5.74) is 3.08. The van der Waals surface area contributed by atoms with Gasteiger partial charge in [-0.25, -0.2) is 0 Å². The fraction of sp³-hybridized carbons (Fsp3) is 0.350. The van der Waals surface area contributed by atoms with Gasteiger partial charge in [-0.2, -0.15) is 5.26 Å². The van der Waals surface area contributed by atoms with E-state index in [0.717, 1.165) is 11.1 Å². The molecule has 5 heteroatoms. The average molecular weight is 337 g/mol. The average Bonchev–Trinajstić information content (AvgIpc) is 2.60. The van der Waals surface area contributed by atoms with E-state index in [4.69, 9.17) is 5.26 Å². The maximum absolute atomic E-state index is 12.6. The van der Waals surface area contributed by atoms with Gasteiger partial charge in [-0.1, -0.05) is 30.3 Å². The molecule has 0 aliphatic carbocycles. The van der Waals surface area contributed by atoms with Gasteiger partial charge in [0, 0.05) is 19.2 Å². The molecular weight excluding hydrogens is 314 g/mol. The number of carbonyl (C=O) groups is 1. The second-order valence-electron chi connectivity index (χ2n) is 6.26. The summed E-state index contributed by atoms with van der Waals surface area (Å²) >= 11 is 0. The number of nitrogens with one attached hydrogen (secondary N) is 1. The topological polar surface area (TPSA) is 77.0 Å². The molecule has 0 bridgehead atoms. The van der Waals surface area contributed by atoms with Crippen molar-refractivity contribution in [2.45, 2.75) is 39.7 Å². The van der Waals surface area contributed by atoms with Crippen LogP contribution in [0, 0.1) is 25.2 Å². The van der Waals surface area contributed by atoms with Crippen molar-refractivity contribution in [2.24, 2.45) is 0 Å². The van der Waals surface area contributed by atoms with Gasteiger partial charge in [0.05, 0.1) is 6.04 Å². The Morgan fingerprint density at radius 1 is 1.28 bits per heavy atom. The summed E-state index contributed by atoms with van der Waals surface area (Å²) in [5.74, 6) is 0.0276. The molecule has 0 radical (unpaired) electrons. The highest BCUT2D eigenvalue weighted by Gasteiger charge is 2.19. The monoisotopic (exact) mass is 337 g/mol. The molecule has 0 fully saturated rings. The van der Waals surface area contributed by atoms with Gasteiger partial charge in [0.2, 0.25) is 5.91 Å². The van der Waals surface area contributed by atoms with E-state index >= 15 is 0 Å². The van der Waals surface area contributed by atoms with Crippen molar-refractivity contribution in [3.05, 3.63) is 68.6 Å². The molecular formula is C20H23N3O2. The summed E-state index contributed by atoms with van der Waals surface area (Å²) in [6.07, 6.45) is 0.820. The van der Waals surface area contributed by atoms with E-state index in [-0.39, 0.29) is 23.1 Å². The van der Waals surface area contributed by atoms with Crippen LogP contribution in [0.3, 0.4) is 0 Å². The molecule has 1 aromatic heterocycles. The Morgan fingerprint density at radius 2 is 1.92 bits per heavy atom. The first-order chi connectivity index (χ1) is 11.9. The first-order valence-corrected chi connectivity index (χ1v) is 8.29. The van der Waals surface area contributed by atoms with E-state index < -0.39 is 0 Å². The maximum Gasteiger partial charge on any atom is 0.266 e. The van der Waals surface area contributed by atoms with Crippen LogP contribution in [-0.2, 0) is 11.2 Å². The molecule has 0 aliphatic rings. The van der Waals surface area contributed by atoms with Crippen LogP contribution in [0.4, 0.5) is 0 Å². The van der Waals surface area contributed by atoms with Gasteiger partial charge in [-0.3, -0.25) is 9.59 Å². The molecule has 0 spiro atoms. The first kappa shape index (κ1) is 18.5. The number of hydrogen-bond acceptors (Lipinski definition) is 3. The molecule has 1 amide bonds. The van der Waals surface area contributed by atoms with Gasteiger partial charge in [0.15, 0.2) is 0 Å². The number of aryl methyl sites for hydroxylation is 1. The Labute approximate surface area is 147 Å². The Bertz CT molecular complexity index is 863. The Balaban J connectivity index is 2.13. The number of rotatable bonds is 5. The van der Waals surface area contributed by atoms with Crippen molar-refractivity contribution in [3.63, 3.8) is 0 Å². The van der Waals surface area contributed by atoms with E-state index in [1.807, 2.05) is 43.3 Å². The number of H-pyrrole nitrogens is 1. The highest BCUT2D eigenvalue weighted by molar-refractivity contribution is 5.76. The van der Waals surface area contributed by atoms with Crippen molar-refractivity contribution in [1.82, 2.24) is 9.88 Å². The normalized spacial score (nSPS) is 11.6. The zero-order chi connectivity index (χ0) is 18.6. The number of aromatic nitrogens is 1. The molecule has 25 heavy (non-hydrogen) atoms. The molecule has 1 aromatic carbocycles. The Hall–Kier alpha value is -2.87. The van der Waals surface area contributed by atoms with Gasteiger partial charge in [0.25, 0.3) is 5.56 Å². The smallest absolute Gasteiger partial charge is 0.266 e. The minimum absolute atomic E-state index is 0.0128. The maximum atomic E-state index is 12.6. The molecule has 130 valence electrons. The van der Waals surface area contributed by atoms with E-state index in [1.165, 1.54) is 0 Å². The Morgan fingerprint density at radius 3 is 2.52 bits per heavy atom. The summed E-state index contributed by atoms with van der Waals surface area (Å²) in [4.78, 5) is 28.8. The third kappa shape index (κ3) is 3.97. The lowest BCUT2D eigenvalue weighted by Gasteiger charge is -2.25. The van der Waals surface area contributed by atoms with Crippen LogP contribution in [0.25, 0.3) is 0 Å². The lowest BCUT2D eigenvalue weighted by molar-refractivity contribution is -0.131. The largest absolute Gasteiger partial charge is 0.339 e. The van der Waals surface area contributed by atoms with Crippen LogP contribution in [-0.4, -0.2) is 22.8 Å². The SMILES string of the molecule is Cc1[nH]c(=O)c(C#N)c(C)c1CCC(=O)N(C)C(C)c1ccccc1. The number of carbonyl (C=O) groups excluding carboxylic acids is 1. The van der Waals surface area contributed by atoms with E-state index in [0.29, 0.717) is 24.1 Å². The molecule has 2 aromatic rings. The predicted octanol–water partition coefficient (Wildman–Crippen LogP) is 3.02. The molecule has 5 nitrogen and oxygen atoms in total. The number of aromatic amines is 1. The summed E-state index contributed by atoms with van der Waals surface area (Å²) in [5, 5.41) is 9.13. The number of pyridine rings is 1. The summed E-state index contributed by atoms with van der Waals surface area (Å²) in [6.45, 7) is 5.56. The van der Waals surface area contributed by atoms with E-state index in [2.05, 4.69) is 4.98 Å². The van der Waals surface area contributed by atoms with Crippen molar-refractivity contribution >= 4 is 5.91 Å². The van der Waals surface area contributed by atoms with Gasteiger partial charge in [-0.15, -0.1) is 0 Å². The van der Waals surface area contributed by atoms with Gasteiger partial charge in [-0.05, 0) is 43.9 Å². The van der Waals surface area contributed by atoms with Gasteiger partial charge >= 0.3 is 0 Å². The second-order valence-corrected chi connectivity index (χ2v) is 6.26. The van der Waals surface area contributed by atoms with Gasteiger partial charge < -0.3 is 9.88 Å². The Kier molecular flexibility index (Phi) is 5.76. The number of nitriles is 1. The van der Waals surface area contributed by atoms with Crippen LogP contribution in [0.1, 0.15) is 47.3 Å². The number of amides is 1. The number of hydrogen-bond donors (Lipinski definition) is 1. The molecule has 1 heterocycles. The summed E-state index contributed by atoms with van der Waals surface area (Å²) in [6, 6.07) is 11.8. The minimum atomic E-state index is -0.373. The molecule has 1 unspecified atom stereocenters. The molecule has 1 N–H and O–H groups in total. The highest BCUT2D eigenvalue weighted by atomic mass is 16.2. The molecule has 0 aliphatic heterocycles. The lowest BCUT2D eigenvalue weighted by atomic mass is 9.98. The van der Waals surface area contributed by atoms with E-state index in [1.54, 1.807) is 25.8 Å². The quantitative estimate of drug-likeness (QED) is 0.911. The third-order valence-corrected chi connectivity index (χ3v) is 4.77. The highest BCUT2D eigenvalue weighted by Crippen LogP contribution is 2.20. The molecule has 0 saturated carbocycles. The standard InChI is InChI=1S/C20H23N3O2/c1-13-17(14(2)22-20(25)18(13)12-21)10-11-19(24)23(4)15(3)16-8-6-5-7-9-16/h5-9,15H,10-11H2,1-4H3,(H,22,25). The minimum Gasteiger partial charge on any atom is -0.339 e. The second kappa shape index (κ2) is 7.80. The van der Waals surface area contributed by atoms with Gasteiger partial charge in [0.1, 0.15) is 11.6 Å². The van der Waals surface area contributed by atoms with Crippen LogP contribution >= 0.6 is 0 Å². The van der Waals surface area contributed by atoms with Crippen LogP contribution < -0.4 is 5.56 Å². The van der Waals surface area contributed by atoms with Crippen molar-refractivity contribution in [1.29, 1.82) is 5.26 Å².